The number of nitrogens with two attached hydrogens (primary N) is 1. The Labute approximate surface area is 248 Å². The van der Waals surface area contributed by atoms with E-state index in [0.29, 0.717) is 27.3 Å². The fourth-order valence-corrected chi connectivity index (χ4v) is 5.95. The molecule has 42 heavy (non-hydrogen) atoms. The van der Waals surface area contributed by atoms with Gasteiger partial charge in [-0.15, -0.1) is 0 Å². The molecule has 2 amide bonds. The smallest absolute Gasteiger partial charge is 0.248 e. The zero-order chi connectivity index (χ0) is 29.8. The van der Waals surface area contributed by atoms with Crippen molar-refractivity contribution in [3.63, 3.8) is 0 Å². The van der Waals surface area contributed by atoms with E-state index in [-0.39, 0.29) is 25.3 Å². The SMILES string of the molecule is Cc1ncc(-c2cc(C)c3c(c2)c2c(N)ncnc2n3CC(=O)N2C[C@](C)(F)C[C@H]2C(=O)Nc2cccc(Br)n2)cn1. The highest BCUT2D eigenvalue weighted by molar-refractivity contribution is 9.10. The maximum absolute atomic E-state index is 15.3. The maximum Gasteiger partial charge on any atom is 0.248 e. The van der Waals surface area contributed by atoms with Gasteiger partial charge in [0.25, 0.3) is 0 Å². The fraction of sp³-hybridized carbons (Fsp3) is 0.276. The third-order valence-corrected chi connectivity index (χ3v) is 7.89. The lowest BCUT2D eigenvalue weighted by atomic mass is 10.0. The van der Waals surface area contributed by atoms with Crippen molar-refractivity contribution >= 4 is 61.3 Å². The number of alkyl halides is 1. The number of aryl methyl sites for hydroxylation is 2. The van der Waals surface area contributed by atoms with Gasteiger partial charge < -0.3 is 20.5 Å². The lowest BCUT2D eigenvalue weighted by Crippen LogP contribution is -2.44. The summed E-state index contributed by atoms with van der Waals surface area (Å²) >= 11 is 3.28. The number of nitrogen functional groups attached to an aromatic ring is 1. The zero-order valence-electron chi connectivity index (χ0n) is 23.1. The second kappa shape index (κ2) is 10.4. The van der Waals surface area contributed by atoms with Crippen molar-refractivity contribution in [3.8, 4) is 11.1 Å². The van der Waals surface area contributed by atoms with Crippen molar-refractivity contribution in [1.29, 1.82) is 0 Å². The average molecular weight is 632 g/mol. The molecule has 0 unspecified atom stereocenters. The van der Waals surface area contributed by atoms with Crippen LogP contribution in [0.2, 0.25) is 0 Å². The second-order valence-corrected chi connectivity index (χ2v) is 11.6. The summed E-state index contributed by atoms with van der Waals surface area (Å²) < 4.78 is 17.6. The molecule has 0 bridgehead atoms. The van der Waals surface area contributed by atoms with Crippen LogP contribution in [-0.2, 0) is 16.1 Å². The third-order valence-electron chi connectivity index (χ3n) is 7.44. The van der Waals surface area contributed by atoms with Crippen LogP contribution in [0, 0.1) is 13.8 Å². The van der Waals surface area contributed by atoms with Gasteiger partial charge in [0.2, 0.25) is 11.8 Å². The van der Waals surface area contributed by atoms with Crippen LogP contribution in [0.15, 0.2) is 53.7 Å². The number of halogens is 2. The molecule has 5 aromatic rings. The number of anilines is 2. The van der Waals surface area contributed by atoms with Crippen molar-refractivity contribution in [2.45, 2.75) is 45.4 Å². The van der Waals surface area contributed by atoms with Gasteiger partial charge in [-0.05, 0) is 72.1 Å². The molecule has 2 atom stereocenters. The first kappa shape index (κ1) is 27.6. The molecule has 5 heterocycles. The number of amides is 2. The normalized spacial score (nSPS) is 18.6. The summed E-state index contributed by atoms with van der Waals surface area (Å²) in [5.74, 6) is 0.296. The number of fused-ring (bicyclic) bond motifs is 3. The van der Waals surface area contributed by atoms with Gasteiger partial charge in [-0.1, -0.05) is 6.07 Å². The molecule has 0 aliphatic carbocycles. The molecule has 0 saturated carbocycles. The Balaban J connectivity index is 1.39. The number of benzene rings is 1. The van der Waals surface area contributed by atoms with Crippen molar-refractivity contribution in [1.82, 2.24) is 34.4 Å². The van der Waals surface area contributed by atoms with E-state index in [4.69, 9.17) is 5.73 Å². The summed E-state index contributed by atoms with van der Waals surface area (Å²) in [7, 11) is 0. The van der Waals surface area contributed by atoms with Gasteiger partial charge in [0.1, 0.15) is 52.3 Å². The van der Waals surface area contributed by atoms with Gasteiger partial charge in [-0.2, -0.15) is 0 Å². The number of nitrogens with one attached hydrogen (secondary N) is 1. The van der Waals surface area contributed by atoms with E-state index in [2.05, 4.69) is 46.2 Å². The van der Waals surface area contributed by atoms with Crippen LogP contribution in [0.3, 0.4) is 0 Å². The molecule has 1 aliphatic rings. The van der Waals surface area contributed by atoms with Crippen molar-refractivity contribution in [2.75, 3.05) is 17.6 Å². The molecule has 1 aromatic carbocycles. The van der Waals surface area contributed by atoms with Gasteiger partial charge in [0, 0.05) is 29.8 Å². The van der Waals surface area contributed by atoms with Crippen molar-refractivity contribution in [3.05, 3.63) is 65.0 Å². The lowest BCUT2D eigenvalue weighted by molar-refractivity contribution is -0.137. The number of likely N-dealkylation sites (tertiary alicyclic amines) is 1. The van der Waals surface area contributed by atoms with Gasteiger partial charge >= 0.3 is 0 Å². The van der Waals surface area contributed by atoms with E-state index in [1.165, 1.54) is 18.2 Å². The highest BCUT2D eigenvalue weighted by Crippen LogP contribution is 2.37. The zero-order valence-corrected chi connectivity index (χ0v) is 24.7. The predicted octanol–water partition coefficient (Wildman–Crippen LogP) is 4.37. The monoisotopic (exact) mass is 631 g/mol. The van der Waals surface area contributed by atoms with Crippen LogP contribution in [0.5, 0.6) is 0 Å². The van der Waals surface area contributed by atoms with Crippen LogP contribution in [0.4, 0.5) is 16.0 Å². The molecule has 6 rings (SSSR count). The Morgan fingerprint density at radius 1 is 1.14 bits per heavy atom. The first-order valence-corrected chi connectivity index (χ1v) is 14.0. The molecule has 3 N–H and O–H groups in total. The molecule has 1 saturated heterocycles. The van der Waals surface area contributed by atoms with Crippen LogP contribution in [-0.4, -0.2) is 64.5 Å². The van der Waals surface area contributed by atoms with Gasteiger partial charge in [-0.25, -0.2) is 29.3 Å². The summed E-state index contributed by atoms with van der Waals surface area (Å²) in [6, 6.07) is 7.99. The molecule has 1 fully saturated rings. The van der Waals surface area contributed by atoms with E-state index < -0.39 is 23.5 Å². The van der Waals surface area contributed by atoms with Gasteiger partial charge in [-0.3, -0.25) is 9.59 Å². The highest BCUT2D eigenvalue weighted by Gasteiger charge is 2.46. The Morgan fingerprint density at radius 2 is 1.90 bits per heavy atom. The molecular weight excluding hydrogens is 605 g/mol. The van der Waals surface area contributed by atoms with Crippen LogP contribution in [0.1, 0.15) is 24.7 Å². The van der Waals surface area contributed by atoms with Crippen LogP contribution in [0.25, 0.3) is 33.1 Å². The van der Waals surface area contributed by atoms with E-state index in [1.807, 2.05) is 26.0 Å². The van der Waals surface area contributed by atoms with Crippen LogP contribution >= 0.6 is 15.9 Å². The number of aromatic nitrogens is 6. The van der Waals surface area contributed by atoms with Crippen molar-refractivity contribution < 1.29 is 14.0 Å². The number of rotatable bonds is 5. The molecular formula is C29H27BrFN9O2. The maximum atomic E-state index is 15.3. The van der Waals surface area contributed by atoms with E-state index in [9.17, 15) is 9.59 Å². The first-order valence-electron chi connectivity index (χ1n) is 13.2. The summed E-state index contributed by atoms with van der Waals surface area (Å²) in [6.45, 7) is 4.74. The molecule has 0 spiro atoms. The Hall–Kier alpha value is -4.52. The summed E-state index contributed by atoms with van der Waals surface area (Å²) in [4.78, 5) is 49.9. The average Bonchev–Trinajstić information content (AvgIpc) is 3.44. The number of hydrogen-bond donors (Lipinski definition) is 2. The summed E-state index contributed by atoms with van der Waals surface area (Å²) in [6.07, 6.45) is 4.71. The molecule has 0 radical (unpaired) electrons. The lowest BCUT2D eigenvalue weighted by Gasteiger charge is -2.24. The van der Waals surface area contributed by atoms with E-state index in [1.54, 1.807) is 35.2 Å². The minimum absolute atomic E-state index is 0.137. The Bertz CT molecular complexity index is 1870. The third kappa shape index (κ3) is 5.04. The molecule has 4 aromatic heterocycles. The molecule has 1 aliphatic heterocycles. The topological polar surface area (TPSA) is 145 Å². The largest absolute Gasteiger partial charge is 0.383 e. The van der Waals surface area contributed by atoms with E-state index in [0.717, 1.165) is 27.6 Å². The number of carbonyl (C=O) groups excluding carboxylic acids is 2. The van der Waals surface area contributed by atoms with E-state index >= 15 is 4.39 Å². The number of carbonyl (C=O) groups is 2. The number of pyridine rings is 1. The second-order valence-electron chi connectivity index (χ2n) is 10.7. The molecule has 214 valence electrons. The molecule has 13 heteroatoms. The Morgan fingerprint density at radius 3 is 2.64 bits per heavy atom. The predicted molar refractivity (Wildman–Crippen MR) is 160 cm³/mol. The minimum atomic E-state index is -1.74. The number of nitrogens with zero attached hydrogens (tertiary/aromatic N) is 7. The summed E-state index contributed by atoms with van der Waals surface area (Å²) in [5.41, 5.74) is 8.36. The first-order chi connectivity index (χ1) is 20.0. The van der Waals surface area contributed by atoms with Gasteiger partial charge in [0.05, 0.1) is 17.4 Å². The minimum Gasteiger partial charge on any atom is -0.383 e. The quantitative estimate of drug-likeness (QED) is 0.272. The molecule has 11 nitrogen and oxygen atoms in total. The highest BCUT2D eigenvalue weighted by atomic mass is 79.9. The fourth-order valence-electron chi connectivity index (χ4n) is 5.60. The Kier molecular flexibility index (Phi) is 6.84. The number of hydrogen-bond acceptors (Lipinski definition) is 8. The van der Waals surface area contributed by atoms with Crippen molar-refractivity contribution in [2.24, 2.45) is 0 Å². The standard InChI is InChI=1S/C29H27BrFN9O2/c1-15-7-17(18-10-33-16(2)34-11-18)8-19-24-26(32)35-14-36-27(24)39(25(15)19)12-23(41)40-13-29(3,31)9-20(40)28(42)38-22-6-4-5-21(30)37-22/h4-8,10-11,14,20H,9,12-13H2,1-3H3,(H2,32,35,36)(H,37,38,42)/t20-,29+/m0/s1. The van der Waals surface area contributed by atoms with Crippen LogP contribution < -0.4 is 11.1 Å². The summed E-state index contributed by atoms with van der Waals surface area (Å²) in [5, 5.41) is 4.08. The van der Waals surface area contributed by atoms with Gasteiger partial charge in [0.15, 0.2) is 0 Å².